The largest absolute Gasteiger partial charge is 0.480 e. The van der Waals surface area contributed by atoms with Gasteiger partial charge < -0.3 is 15.6 Å². The summed E-state index contributed by atoms with van der Waals surface area (Å²) in [4.78, 5) is 33.5. The summed E-state index contributed by atoms with van der Waals surface area (Å²) in [6, 6.07) is 8.73. The summed E-state index contributed by atoms with van der Waals surface area (Å²) >= 11 is 0. The predicted molar refractivity (Wildman–Crippen MR) is 61.4 cm³/mol. The van der Waals surface area contributed by atoms with Gasteiger partial charge >= 0.3 is 11.9 Å². The molecule has 0 fully saturated rings. The van der Waals surface area contributed by atoms with Gasteiger partial charge in [0, 0.05) is 0 Å². The molecule has 0 amide bonds. The van der Waals surface area contributed by atoms with E-state index in [1.165, 1.54) is 0 Å². The third-order valence-corrected chi connectivity index (χ3v) is 2.23. The van der Waals surface area contributed by atoms with Crippen LogP contribution in [0.2, 0.25) is 0 Å². The molecule has 0 bridgehead atoms. The number of carbonyl (C=O) groups excluding carboxylic acids is 2. The molecule has 0 aliphatic heterocycles. The van der Waals surface area contributed by atoms with Crippen molar-refractivity contribution in [3.63, 3.8) is 0 Å². The average molecular weight is 251 g/mol. The third kappa shape index (κ3) is 3.67. The van der Waals surface area contributed by atoms with E-state index in [0.29, 0.717) is 5.56 Å². The molecule has 3 N–H and O–H groups in total. The summed E-state index contributed by atoms with van der Waals surface area (Å²) in [5, 5.41) is 8.77. The van der Waals surface area contributed by atoms with Crippen molar-refractivity contribution in [2.45, 2.75) is 6.61 Å². The average Bonchev–Trinajstić information content (AvgIpc) is 2.37. The van der Waals surface area contributed by atoms with Crippen molar-refractivity contribution in [2.75, 3.05) is 6.54 Å². The first-order chi connectivity index (χ1) is 8.56. The fraction of sp³-hybridized carbons (Fsp3) is 0.250. The number of esters is 1. The van der Waals surface area contributed by atoms with E-state index in [2.05, 4.69) is 0 Å². The molecule has 1 unspecified atom stereocenters. The van der Waals surface area contributed by atoms with Crippen molar-refractivity contribution >= 4 is 17.7 Å². The quantitative estimate of drug-likeness (QED) is 0.542. The van der Waals surface area contributed by atoms with Crippen LogP contribution in [0.1, 0.15) is 5.56 Å². The predicted octanol–water partition coefficient (Wildman–Crippen LogP) is -0.0416. The molecular formula is C12H13NO5. The summed E-state index contributed by atoms with van der Waals surface area (Å²) in [6.45, 7) is -0.599. The molecule has 0 heterocycles. The van der Waals surface area contributed by atoms with Crippen LogP contribution >= 0.6 is 0 Å². The van der Waals surface area contributed by atoms with Gasteiger partial charge in [0.25, 0.3) is 0 Å². The van der Waals surface area contributed by atoms with Gasteiger partial charge in [-0.05, 0) is 5.56 Å². The molecule has 1 aromatic carbocycles. The van der Waals surface area contributed by atoms with Gasteiger partial charge in [0.05, 0.1) is 6.54 Å². The van der Waals surface area contributed by atoms with Crippen molar-refractivity contribution in [1.82, 2.24) is 0 Å². The minimum atomic E-state index is -1.85. The van der Waals surface area contributed by atoms with E-state index in [9.17, 15) is 14.4 Å². The molecule has 6 nitrogen and oxygen atoms in total. The van der Waals surface area contributed by atoms with Crippen LogP contribution in [-0.2, 0) is 25.7 Å². The number of hydrogen-bond acceptors (Lipinski definition) is 5. The Morgan fingerprint density at radius 2 is 1.83 bits per heavy atom. The summed E-state index contributed by atoms with van der Waals surface area (Å²) in [5.74, 6) is -5.37. The van der Waals surface area contributed by atoms with E-state index < -0.39 is 30.2 Å². The lowest BCUT2D eigenvalue weighted by molar-refractivity contribution is -0.162. The Balaban J connectivity index is 2.63. The smallest absolute Gasteiger partial charge is 0.328 e. The highest BCUT2D eigenvalue weighted by Crippen LogP contribution is 2.06. The standard InChI is InChI=1S/C12H13NO5/c13-6-9(14)10(11(15)16)12(17)18-7-8-4-2-1-3-5-8/h1-5,10H,6-7,13H2,(H,15,16). The number of carboxylic acid groups (broad SMARTS) is 1. The van der Waals surface area contributed by atoms with Gasteiger partial charge in [-0.15, -0.1) is 0 Å². The number of Topliss-reactive ketones (excluding diaryl/α,β-unsaturated/α-hetero) is 1. The van der Waals surface area contributed by atoms with Crippen LogP contribution in [0.4, 0.5) is 0 Å². The number of ketones is 1. The second-order valence-corrected chi connectivity index (χ2v) is 3.53. The number of rotatable bonds is 6. The molecule has 1 aromatic rings. The molecule has 96 valence electrons. The lowest BCUT2D eigenvalue weighted by Gasteiger charge is -2.10. The normalized spacial score (nSPS) is 11.6. The van der Waals surface area contributed by atoms with E-state index in [-0.39, 0.29) is 6.61 Å². The number of aliphatic carboxylic acids is 1. The van der Waals surface area contributed by atoms with Crippen molar-refractivity contribution in [3.05, 3.63) is 35.9 Å². The second-order valence-electron chi connectivity index (χ2n) is 3.53. The number of benzene rings is 1. The van der Waals surface area contributed by atoms with Crippen molar-refractivity contribution in [1.29, 1.82) is 0 Å². The first kappa shape index (κ1) is 13.9. The van der Waals surface area contributed by atoms with Crippen LogP contribution in [0.3, 0.4) is 0 Å². The van der Waals surface area contributed by atoms with E-state index in [4.69, 9.17) is 15.6 Å². The molecule has 0 saturated carbocycles. The summed E-state index contributed by atoms with van der Waals surface area (Å²) in [7, 11) is 0. The van der Waals surface area contributed by atoms with Crippen LogP contribution in [-0.4, -0.2) is 29.4 Å². The molecule has 0 radical (unpaired) electrons. The van der Waals surface area contributed by atoms with Crippen LogP contribution in [0.15, 0.2) is 30.3 Å². The first-order valence-electron chi connectivity index (χ1n) is 5.22. The zero-order valence-corrected chi connectivity index (χ0v) is 9.54. The lowest BCUT2D eigenvalue weighted by Crippen LogP contribution is -2.36. The minimum absolute atomic E-state index is 0.0820. The highest BCUT2D eigenvalue weighted by Gasteiger charge is 2.34. The van der Waals surface area contributed by atoms with Gasteiger partial charge in [-0.2, -0.15) is 0 Å². The molecular weight excluding hydrogens is 238 g/mol. The van der Waals surface area contributed by atoms with Gasteiger partial charge in [0.2, 0.25) is 5.92 Å². The van der Waals surface area contributed by atoms with Gasteiger partial charge in [0.1, 0.15) is 6.61 Å². The maximum Gasteiger partial charge on any atom is 0.328 e. The maximum absolute atomic E-state index is 11.5. The fourth-order valence-electron chi connectivity index (χ4n) is 1.30. The Morgan fingerprint density at radius 3 is 2.33 bits per heavy atom. The number of carbonyl (C=O) groups is 3. The summed E-state index contributed by atoms with van der Waals surface area (Å²) in [5.41, 5.74) is 5.74. The lowest BCUT2D eigenvalue weighted by atomic mass is 10.1. The summed E-state index contributed by atoms with van der Waals surface area (Å²) < 4.78 is 4.78. The molecule has 0 spiro atoms. The van der Waals surface area contributed by atoms with Crippen LogP contribution < -0.4 is 5.73 Å². The van der Waals surface area contributed by atoms with Crippen LogP contribution in [0.25, 0.3) is 0 Å². The van der Waals surface area contributed by atoms with Crippen LogP contribution in [0, 0.1) is 5.92 Å². The number of nitrogens with two attached hydrogens (primary N) is 1. The molecule has 0 saturated heterocycles. The SMILES string of the molecule is NCC(=O)C(C(=O)O)C(=O)OCc1ccccc1. The third-order valence-electron chi connectivity index (χ3n) is 2.23. The zero-order valence-electron chi connectivity index (χ0n) is 9.54. The van der Waals surface area contributed by atoms with E-state index in [1.807, 2.05) is 0 Å². The monoisotopic (exact) mass is 251 g/mol. The maximum atomic E-state index is 11.5. The van der Waals surface area contributed by atoms with Gasteiger partial charge in [-0.1, -0.05) is 30.3 Å². The Morgan fingerprint density at radius 1 is 1.22 bits per heavy atom. The minimum Gasteiger partial charge on any atom is -0.480 e. The highest BCUT2D eigenvalue weighted by molar-refractivity contribution is 6.15. The van der Waals surface area contributed by atoms with E-state index in [1.54, 1.807) is 30.3 Å². The van der Waals surface area contributed by atoms with Gasteiger partial charge in [-0.3, -0.25) is 14.4 Å². The molecule has 1 atom stereocenters. The molecule has 0 aliphatic rings. The molecule has 0 aromatic heterocycles. The Bertz CT molecular complexity index is 443. The van der Waals surface area contributed by atoms with E-state index >= 15 is 0 Å². The number of carboxylic acids is 1. The van der Waals surface area contributed by atoms with Crippen molar-refractivity contribution < 1.29 is 24.2 Å². The summed E-state index contributed by atoms with van der Waals surface area (Å²) in [6.07, 6.45) is 0. The van der Waals surface area contributed by atoms with Crippen molar-refractivity contribution in [3.8, 4) is 0 Å². The van der Waals surface area contributed by atoms with Gasteiger partial charge in [0.15, 0.2) is 5.78 Å². The highest BCUT2D eigenvalue weighted by atomic mass is 16.5. The zero-order chi connectivity index (χ0) is 13.5. The number of ether oxygens (including phenoxy) is 1. The molecule has 18 heavy (non-hydrogen) atoms. The Kier molecular flexibility index (Phi) is 5.01. The van der Waals surface area contributed by atoms with Gasteiger partial charge in [-0.25, -0.2) is 0 Å². The fourth-order valence-corrected chi connectivity index (χ4v) is 1.30. The molecule has 0 aliphatic carbocycles. The molecule has 1 rings (SSSR count). The second kappa shape index (κ2) is 6.51. The number of hydrogen-bond donors (Lipinski definition) is 2. The first-order valence-corrected chi connectivity index (χ1v) is 5.22. The van der Waals surface area contributed by atoms with Crippen LogP contribution in [0.5, 0.6) is 0 Å². The van der Waals surface area contributed by atoms with E-state index in [0.717, 1.165) is 0 Å². The molecule has 6 heteroatoms. The topological polar surface area (TPSA) is 107 Å². The Hall–Kier alpha value is -2.21. The van der Waals surface area contributed by atoms with Crippen molar-refractivity contribution in [2.24, 2.45) is 11.7 Å². The Labute approximate surface area is 103 Å².